The largest absolute Gasteiger partial charge is 0.378 e. The molecule has 1 aromatic heterocycles. The molecular weight excluding hydrogens is 256 g/mol. The lowest BCUT2D eigenvalue weighted by Gasteiger charge is -2.28. The first-order chi connectivity index (χ1) is 9.50. The van der Waals surface area contributed by atoms with E-state index in [1.807, 2.05) is 0 Å². The maximum Gasteiger partial charge on any atom is 0.232 e. The van der Waals surface area contributed by atoms with Crippen LogP contribution in [0.25, 0.3) is 0 Å². The molecule has 1 aromatic rings. The van der Waals surface area contributed by atoms with Gasteiger partial charge in [-0.25, -0.2) is 0 Å². The minimum absolute atomic E-state index is 0.0647. The normalized spacial score (nSPS) is 16.2. The van der Waals surface area contributed by atoms with Gasteiger partial charge in [-0.2, -0.15) is 15.0 Å². The average molecular weight is 280 g/mol. The van der Waals surface area contributed by atoms with Crippen LogP contribution in [0.3, 0.4) is 0 Å². The minimum Gasteiger partial charge on any atom is -0.378 e. The molecule has 1 aliphatic rings. The number of anilines is 3. The van der Waals surface area contributed by atoms with Gasteiger partial charge in [0.1, 0.15) is 0 Å². The van der Waals surface area contributed by atoms with Crippen molar-refractivity contribution >= 4 is 17.8 Å². The molecule has 0 saturated carbocycles. The van der Waals surface area contributed by atoms with Crippen LogP contribution in [0, 0.1) is 0 Å². The average Bonchev–Trinajstić information content (AvgIpc) is 2.38. The van der Waals surface area contributed by atoms with Gasteiger partial charge in [-0.05, 0) is 20.3 Å². The summed E-state index contributed by atoms with van der Waals surface area (Å²) in [5.41, 5.74) is 5.73. The lowest BCUT2D eigenvalue weighted by molar-refractivity contribution is 0.122. The molecule has 0 unspecified atom stereocenters. The molecule has 1 aliphatic heterocycles. The van der Waals surface area contributed by atoms with E-state index in [9.17, 15) is 0 Å². The summed E-state index contributed by atoms with van der Waals surface area (Å²) in [7, 11) is 0. The van der Waals surface area contributed by atoms with Crippen LogP contribution >= 0.6 is 0 Å². The summed E-state index contributed by atoms with van der Waals surface area (Å²) < 4.78 is 5.33. The maximum absolute atomic E-state index is 5.80. The lowest BCUT2D eigenvalue weighted by atomic mass is 9.99. The van der Waals surface area contributed by atoms with Gasteiger partial charge in [0, 0.05) is 18.6 Å². The predicted octanol–water partition coefficient (Wildman–Crippen LogP) is 1.28. The summed E-state index contributed by atoms with van der Waals surface area (Å²) in [4.78, 5) is 15.0. The first-order valence-electron chi connectivity index (χ1n) is 7.12. The molecule has 2 heterocycles. The second-order valence-electron chi connectivity index (χ2n) is 5.68. The zero-order chi connectivity index (χ0) is 14.6. The fourth-order valence-electron chi connectivity index (χ4n) is 2.33. The smallest absolute Gasteiger partial charge is 0.232 e. The Morgan fingerprint density at radius 1 is 1.25 bits per heavy atom. The number of hydrogen-bond donors (Lipinski definition) is 2. The zero-order valence-corrected chi connectivity index (χ0v) is 12.5. The summed E-state index contributed by atoms with van der Waals surface area (Å²) in [6.45, 7) is 9.36. The van der Waals surface area contributed by atoms with Crippen LogP contribution in [0.2, 0.25) is 0 Å². The highest BCUT2D eigenvalue weighted by atomic mass is 16.5. The Kier molecular flexibility index (Phi) is 4.59. The van der Waals surface area contributed by atoms with E-state index in [0.717, 1.165) is 25.9 Å². The molecule has 7 nitrogen and oxygen atoms in total. The standard InChI is InChI=1S/C13H24N6O/c1-4-5-13(2,3)18-11-15-10(14)16-12(17-11)19-6-8-20-9-7-19/h4-9H2,1-3H3,(H3,14,15,16,17,18). The van der Waals surface area contributed by atoms with E-state index in [2.05, 4.69) is 45.9 Å². The number of nitrogens with two attached hydrogens (primary N) is 1. The SMILES string of the molecule is CCCC(C)(C)Nc1nc(N)nc(N2CCOCC2)n1. The van der Waals surface area contributed by atoms with Gasteiger partial charge in [-0.3, -0.25) is 0 Å². The summed E-state index contributed by atoms with van der Waals surface area (Å²) >= 11 is 0. The Labute approximate surface area is 119 Å². The van der Waals surface area contributed by atoms with Crippen LogP contribution in [0.5, 0.6) is 0 Å². The third kappa shape index (κ3) is 3.93. The molecule has 0 aromatic carbocycles. The van der Waals surface area contributed by atoms with Crippen LogP contribution in [-0.4, -0.2) is 46.8 Å². The molecule has 0 bridgehead atoms. The Morgan fingerprint density at radius 2 is 1.95 bits per heavy atom. The van der Waals surface area contributed by atoms with Gasteiger partial charge in [0.15, 0.2) is 0 Å². The maximum atomic E-state index is 5.80. The second-order valence-corrected chi connectivity index (χ2v) is 5.68. The van der Waals surface area contributed by atoms with Crippen LogP contribution < -0.4 is 16.0 Å². The highest BCUT2D eigenvalue weighted by Crippen LogP contribution is 2.19. The molecule has 7 heteroatoms. The minimum atomic E-state index is -0.0647. The van der Waals surface area contributed by atoms with Gasteiger partial charge in [-0.1, -0.05) is 13.3 Å². The number of ether oxygens (including phenoxy) is 1. The molecule has 1 fully saturated rings. The Hall–Kier alpha value is -1.63. The van der Waals surface area contributed by atoms with Crippen LogP contribution in [0.4, 0.5) is 17.8 Å². The van der Waals surface area contributed by atoms with Crippen molar-refractivity contribution in [3.05, 3.63) is 0 Å². The van der Waals surface area contributed by atoms with Crippen molar-refractivity contribution in [2.75, 3.05) is 42.3 Å². The molecule has 0 spiro atoms. The van der Waals surface area contributed by atoms with E-state index in [1.54, 1.807) is 0 Å². The number of rotatable bonds is 5. The third-order valence-electron chi connectivity index (χ3n) is 3.26. The van der Waals surface area contributed by atoms with E-state index in [0.29, 0.717) is 25.1 Å². The second kappa shape index (κ2) is 6.21. The van der Waals surface area contributed by atoms with Crippen molar-refractivity contribution in [3.63, 3.8) is 0 Å². The van der Waals surface area contributed by atoms with Crippen molar-refractivity contribution in [1.29, 1.82) is 0 Å². The van der Waals surface area contributed by atoms with Crippen molar-refractivity contribution in [2.45, 2.75) is 39.2 Å². The van der Waals surface area contributed by atoms with Gasteiger partial charge < -0.3 is 20.7 Å². The van der Waals surface area contributed by atoms with E-state index in [4.69, 9.17) is 10.5 Å². The molecule has 112 valence electrons. The van der Waals surface area contributed by atoms with E-state index in [1.165, 1.54) is 0 Å². The van der Waals surface area contributed by atoms with Gasteiger partial charge in [0.25, 0.3) is 0 Å². The van der Waals surface area contributed by atoms with Crippen LogP contribution in [0.15, 0.2) is 0 Å². The lowest BCUT2D eigenvalue weighted by Crippen LogP contribution is -2.38. The highest BCUT2D eigenvalue weighted by molar-refractivity contribution is 5.43. The topological polar surface area (TPSA) is 89.2 Å². The van der Waals surface area contributed by atoms with E-state index in [-0.39, 0.29) is 11.5 Å². The Morgan fingerprint density at radius 3 is 2.60 bits per heavy atom. The van der Waals surface area contributed by atoms with E-state index < -0.39 is 0 Å². The first kappa shape index (κ1) is 14.8. The zero-order valence-electron chi connectivity index (χ0n) is 12.5. The summed E-state index contributed by atoms with van der Waals surface area (Å²) in [6.07, 6.45) is 2.13. The summed E-state index contributed by atoms with van der Waals surface area (Å²) in [5, 5.41) is 3.34. The van der Waals surface area contributed by atoms with Gasteiger partial charge in [0.05, 0.1) is 13.2 Å². The first-order valence-corrected chi connectivity index (χ1v) is 7.12. The molecule has 1 saturated heterocycles. The highest BCUT2D eigenvalue weighted by Gasteiger charge is 2.20. The number of nitrogen functional groups attached to an aromatic ring is 1. The predicted molar refractivity (Wildman–Crippen MR) is 79.9 cm³/mol. The molecular formula is C13H24N6O. The van der Waals surface area contributed by atoms with Crippen LogP contribution in [0.1, 0.15) is 33.6 Å². The number of nitrogens with zero attached hydrogens (tertiary/aromatic N) is 4. The molecule has 3 N–H and O–H groups in total. The molecule has 0 amide bonds. The summed E-state index contributed by atoms with van der Waals surface area (Å²) in [6, 6.07) is 0. The van der Waals surface area contributed by atoms with Gasteiger partial charge >= 0.3 is 0 Å². The molecule has 0 radical (unpaired) electrons. The van der Waals surface area contributed by atoms with Crippen LogP contribution in [-0.2, 0) is 4.74 Å². The van der Waals surface area contributed by atoms with Gasteiger partial charge in [-0.15, -0.1) is 0 Å². The van der Waals surface area contributed by atoms with E-state index >= 15 is 0 Å². The third-order valence-corrected chi connectivity index (χ3v) is 3.26. The number of nitrogens with one attached hydrogen (secondary N) is 1. The molecule has 20 heavy (non-hydrogen) atoms. The Bertz CT molecular complexity index is 444. The fourth-order valence-corrected chi connectivity index (χ4v) is 2.33. The Balaban J connectivity index is 2.15. The van der Waals surface area contributed by atoms with Crippen molar-refractivity contribution in [1.82, 2.24) is 15.0 Å². The monoisotopic (exact) mass is 280 g/mol. The number of aromatic nitrogens is 3. The summed E-state index contributed by atoms with van der Waals surface area (Å²) in [5.74, 6) is 1.41. The van der Waals surface area contributed by atoms with Crippen molar-refractivity contribution in [2.24, 2.45) is 0 Å². The molecule has 2 rings (SSSR count). The fraction of sp³-hybridized carbons (Fsp3) is 0.769. The quantitative estimate of drug-likeness (QED) is 0.839. The number of morpholine rings is 1. The van der Waals surface area contributed by atoms with Gasteiger partial charge in [0.2, 0.25) is 17.8 Å². The van der Waals surface area contributed by atoms with Crippen molar-refractivity contribution < 1.29 is 4.74 Å². The molecule has 0 aliphatic carbocycles. The van der Waals surface area contributed by atoms with Crippen molar-refractivity contribution in [3.8, 4) is 0 Å². The molecule has 0 atom stereocenters. The number of hydrogen-bond acceptors (Lipinski definition) is 7.